The van der Waals surface area contributed by atoms with Crippen LogP contribution in [-0.2, 0) is 4.74 Å². The number of non-ortho nitro benzene ring substituents is 1. The number of nitro groups is 1. The summed E-state index contributed by atoms with van der Waals surface area (Å²) >= 11 is 0. The van der Waals surface area contributed by atoms with Gasteiger partial charge in [0.05, 0.1) is 12.0 Å². The highest BCUT2D eigenvalue weighted by molar-refractivity contribution is 8.21. The first-order valence-corrected chi connectivity index (χ1v) is 6.79. The molecule has 0 spiro atoms. The Balaban J connectivity index is 3.47. The molecule has 0 amide bonds. The molecule has 8 nitrogen and oxygen atoms in total. The lowest BCUT2D eigenvalue weighted by molar-refractivity contribution is -0.384. The van der Waals surface area contributed by atoms with Crippen LogP contribution >= 0.6 is 10.9 Å². The molecule has 0 saturated heterocycles. The topological polar surface area (TPSA) is 119 Å². The van der Waals surface area contributed by atoms with E-state index in [1.165, 1.54) is 0 Å². The molecule has 0 aromatic heterocycles. The van der Waals surface area contributed by atoms with Crippen LogP contribution in [0.3, 0.4) is 0 Å². The fraction of sp³-hybridized carbons (Fsp3) is 0.300. The van der Waals surface area contributed by atoms with E-state index in [-0.39, 0.29) is 5.56 Å². The zero-order valence-electron chi connectivity index (χ0n) is 11.1. The third-order valence-corrected chi connectivity index (χ3v) is 3.38. The molecular weight excluding hydrogens is 335 g/mol. The highest BCUT2D eigenvalue weighted by atomic mass is 32.3. The minimum atomic E-state index is -5.55. The van der Waals surface area contributed by atoms with Gasteiger partial charge in [-0.1, -0.05) is 0 Å². The Labute approximate surface area is 123 Å². The summed E-state index contributed by atoms with van der Waals surface area (Å²) in [7, 11) is -4.66. The van der Waals surface area contributed by atoms with Crippen molar-refractivity contribution < 1.29 is 40.9 Å². The summed E-state index contributed by atoms with van der Waals surface area (Å²) < 4.78 is 63.8. The number of methoxy groups -OCH3 is 1. The van der Waals surface area contributed by atoms with Gasteiger partial charge in [-0.25, -0.2) is 4.79 Å². The lowest BCUT2D eigenvalue weighted by Gasteiger charge is -2.29. The molecule has 0 atom stereocenters. The number of halogens is 3. The quantitative estimate of drug-likeness (QED) is 0.488. The van der Waals surface area contributed by atoms with E-state index in [1.807, 2.05) is 0 Å². The van der Waals surface area contributed by atoms with Crippen molar-refractivity contribution in [3.05, 3.63) is 33.4 Å². The summed E-state index contributed by atoms with van der Waals surface area (Å²) in [5, 5.41) is 10.7. The molecule has 0 unspecified atom stereocenters. The zero-order valence-corrected chi connectivity index (χ0v) is 11.9. The third-order valence-electron chi connectivity index (χ3n) is 2.38. The van der Waals surface area contributed by atoms with Crippen molar-refractivity contribution in [3.63, 3.8) is 0 Å². The fourth-order valence-corrected chi connectivity index (χ4v) is 1.94. The third kappa shape index (κ3) is 3.58. The van der Waals surface area contributed by atoms with Crippen LogP contribution in [0.25, 0.3) is 0 Å². The number of nitrogens with zero attached hydrogens (tertiary/aromatic N) is 1. The van der Waals surface area contributed by atoms with Crippen molar-refractivity contribution in [1.29, 1.82) is 0 Å². The number of hydrogen-bond donors (Lipinski definition) is 2. The van der Waals surface area contributed by atoms with Crippen molar-refractivity contribution in [2.45, 2.75) is 12.4 Å². The lowest BCUT2D eigenvalue weighted by Crippen LogP contribution is -2.25. The van der Waals surface area contributed by atoms with Gasteiger partial charge >= 0.3 is 11.5 Å². The Bertz CT molecular complexity index is 617. The number of ether oxygens (including phenoxy) is 1. The standard InChI is InChI=1S/C10H10F3NO7S/c1-5-3-6(14(16)17)4-7(9(15)20-2)8(5)21-22(18,19)10(11,12)13/h3-4,18-19H,1-2H3. The molecule has 0 fully saturated rings. The Morgan fingerprint density at radius 3 is 2.32 bits per heavy atom. The van der Waals surface area contributed by atoms with E-state index in [4.69, 9.17) is 9.11 Å². The largest absolute Gasteiger partial charge is 0.504 e. The highest BCUT2D eigenvalue weighted by Crippen LogP contribution is 2.57. The normalized spacial score (nSPS) is 12.7. The number of carbonyl (C=O) groups excluding carboxylic acids is 1. The van der Waals surface area contributed by atoms with Gasteiger partial charge in [-0.2, -0.15) is 13.2 Å². The molecule has 0 saturated carbocycles. The van der Waals surface area contributed by atoms with E-state index in [0.717, 1.165) is 20.1 Å². The van der Waals surface area contributed by atoms with E-state index in [1.54, 1.807) is 0 Å². The van der Waals surface area contributed by atoms with Gasteiger partial charge in [0.2, 0.25) is 10.9 Å². The van der Waals surface area contributed by atoms with E-state index in [2.05, 4.69) is 8.92 Å². The van der Waals surface area contributed by atoms with Gasteiger partial charge in [0.25, 0.3) is 5.69 Å². The van der Waals surface area contributed by atoms with Crippen LogP contribution in [0.1, 0.15) is 15.9 Å². The Morgan fingerprint density at radius 2 is 1.91 bits per heavy atom. The molecule has 0 bridgehead atoms. The first-order valence-electron chi connectivity index (χ1n) is 5.32. The van der Waals surface area contributed by atoms with E-state index >= 15 is 0 Å². The first-order chi connectivity index (χ1) is 9.90. The highest BCUT2D eigenvalue weighted by Gasteiger charge is 2.52. The Morgan fingerprint density at radius 1 is 1.36 bits per heavy atom. The van der Waals surface area contributed by atoms with Crippen molar-refractivity contribution in [3.8, 4) is 5.75 Å². The molecule has 1 rings (SSSR count). The van der Waals surface area contributed by atoms with Gasteiger partial charge in [-0.3, -0.25) is 19.2 Å². The number of benzene rings is 1. The number of carbonyl (C=O) groups is 1. The molecule has 12 heteroatoms. The number of nitro benzene ring substituents is 1. The predicted molar refractivity (Wildman–Crippen MR) is 68.7 cm³/mol. The lowest BCUT2D eigenvalue weighted by atomic mass is 10.1. The molecule has 1 aromatic rings. The molecule has 0 aliphatic rings. The zero-order chi connectivity index (χ0) is 17.3. The van der Waals surface area contributed by atoms with Crippen molar-refractivity contribution in [2.75, 3.05) is 7.11 Å². The Hall–Kier alpha value is -2.05. The minimum Gasteiger partial charge on any atom is -0.465 e. The van der Waals surface area contributed by atoms with Gasteiger partial charge in [-0.15, -0.1) is 0 Å². The van der Waals surface area contributed by atoms with Gasteiger partial charge in [-0.05, 0) is 6.92 Å². The maximum Gasteiger partial charge on any atom is 0.504 e. The second-order valence-corrected chi connectivity index (χ2v) is 5.54. The van der Waals surface area contributed by atoms with E-state index in [9.17, 15) is 28.1 Å². The molecule has 0 radical (unpaired) electrons. The molecule has 0 heterocycles. The second kappa shape index (κ2) is 5.98. The number of hydrogen-bond acceptors (Lipinski definition) is 7. The Kier molecular flexibility index (Phi) is 4.89. The molecule has 124 valence electrons. The van der Waals surface area contributed by atoms with Crippen LogP contribution in [0.2, 0.25) is 0 Å². The van der Waals surface area contributed by atoms with Crippen LogP contribution in [0, 0.1) is 17.0 Å². The summed E-state index contributed by atoms with van der Waals surface area (Å²) in [6.45, 7) is 1.10. The average molecular weight is 345 g/mol. The van der Waals surface area contributed by atoms with E-state index < -0.39 is 44.3 Å². The van der Waals surface area contributed by atoms with Gasteiger partial charge in [0.1, 0.15) is 5.56 Å². The maximum atomic E-state index is 12.5. The number of rotatable bonds is 4. The van der Waals surface area contributed by atoms with Crippen molar-refractivity contribution >= 4 is 22.5 Å². The first kappa shape index (κ1) is 18.0. The average Bonchev–Trinajstić information content (AvgIpc) is 2.38. The maximum absolute atomic E-state index is 12.5. The number of esters is 1. The van der Waals surface area contributed by atoms with Crippen molar-refractivity contribution in [2.24, 2.45) is 0 Å². The van der Waals surface area contributed by atoms with Gasteiger partial charge in [0, 0.05) is 17.7 Å². The predicted octanol–water partition coefficient (Wildman–Crippen LogP) is 3.25. The molecule has 2 N–H and O–H groups in total. The minimum absolute atomic E-state index is 0.279. The van der Waals surface area contributed by atoms with Crippen LogP contribution in [0.15, 0.2) is 12.1 Å². The smallest absolute Gasteiger partial charge is 0.465 e. The van der Waals surface area contributed by atoms with Crippen LogP contribution in [0.5, 0.6) is 5.75 Å². The monoisotopic (exact) mass is 345 g/mol. The summed E-state index contributed by atoms with van der Waals surface area (Å²) in [5.41, 5.74) is -7.12. The van der Waals surface area contributed by atoms with Gasteiger partial charge in [0.15, 0.2) is 5.75 Å². The van der Waals surface area contributed by atoms with Gasteiger partial charge < -0.3 is 8.92 Å². The summed E-state index contributed by atoms with van der Waals surface area (Å²) in [4.78, 5) is 21.4. The van der Waals surface area contributed by atoms with Crippen LogP contribution in [-0.4, -0.2) is 32.6 Å². The molecular formula is C10H10F3NO7S. The molecule has 22 heavy (non-hydrogen) atoms. The second-order valence-electron chi connectivity index (χ2n) is 3.91. The number of aryl methyl sites for hydroxylation is 1. The van der Waals surface area contributed by atoms with E-state index in [0.29, 0.717) is 6.07 Å². The molecule has 0 aliphatic heterocycles. The van der Waals surface area contributed by atoms with Crippen molar-refractivity contribution in [1.82, 2.24) is 0 Å². The number of alkyl halides is 3. The van der Waals surface area contributed by atoms with Crippen LogP contribution in [0.4, 0.5) is 18.9 Å². The molecule has 1 aromatic carbocycles. The SMILES string of the molecule is COC(=O)c1cc([N+](=O)[O-])cc(C)c1OS(O)(O)C(F)(F)F. The summed E-state index contributed by atoms with van der Waals surface area (Å²) in [6, 6.07) is 1.42. The summed E-state index contributed by atoms with van der Waals surface area (Å²) in [5.74, 6) is -2.10. The fourth-order valence-electron chi connectivity index (χ4n) is 1.40. The van der Waals surface area contributed by atoms with Crippen LogP contribution < -0.4 is 4.18 Å². The molecule has 0 aliphatic carbocycles. The summed E-state index contributed by atoms with van der Waals surface area (Å²) in [6.07, 6.45) is 0.